The molecule has 1 aliphatic rings. The zero-order valence-corrected chi connectivity index (χ0v) is 33.3. The Hall–Kier alpha value is -3.23. The third-order valence-corrected chi connectivity index (χ3v) is 11.3. The summed E-state index contributed by atoms with van der Waals surface area (Å²) in [6, 6.07) is 0. The smallest absolute Gasteiger partial charge is 0.481 e. The molecule has 0 radical (unpaired) electrons. The van der Waals surface area contributed by atoms with Gasteiger partial charge in [0, 0.05) is 30.2 Å². The van der Waals surface area contributed by atoms with Gasteiger partial charge >= 0.3 is 15.6 Å². The zero-order chi connectivity index (χ0) is 42.8. The van der Waals surface area contributed by atoms with Gasteiger partial charge in [0.25, 0.3) is 0 Å². The van der Waals surface area contributed by atoms with Crippen LogP contribution in [-0.2, 0) is 45.9 Å². The number of fused-ring (bicyclic) bond motifs is 1. The highest BCUT2D eigenvalue weighted by molar-refractivity contribution is 8.14. The number of aliphatic carboxylic acids is 1. The molecule has 2 aromatic rings. The molecule has 3 heterocycles. The van der Waals surface area contributed by atoms with E-state index in [0.717, 1.165) is 29.0 Å². The first-order valence-corrected chi connectivity index (χ1v) is 21.6. The highest BCUT2D eigenvalue weighted by Gasteiger charge is 2.48. The Bertz CT molecular complexity index is 1960. The molecule has 6 N–H and O–H groups in total. The van der Waals surface area contributed by atoms with E-state index in [1.807, 2.05) is 0 Å². The Kier molecular flexibility index (Phi) is 17.4. The molecular formula is C27H37N7O19P3S-5. The molecular weight excluding hydrogens is 851 g/mol. The van der Waals surface area contributed by atoms with Gasteiger partial charge in [-0.25, -0.2) is 24.1 Å². The Morgan fingerprint density at radius 3 is 2.44 bits per heavy atom. The lowest BCUT2D eigenvalue weighted by Crippen LogP contribution is -2.45. The van der Waals surface area contributed by atoms with Crippen LogP contribution >= 0.6 is 35.2 Å². The van der Waals surface area contributed by atoms with Crippen molar-refractivity contribution in [2.45, 2.75) is 63.8 Å². The molecule has 1 saturated heterocycles. The summed E-state index contributed by atoms with van der Waals surface area (Å²) in [7, 11) is -17.0. The Morgan fingerprint density at radius 1 is 1.09 bits per heavy atom. The summed E-state index contributed by atoms with van der Waals surface area (Å²) in [5, 5.41) is 55.7. The summed E-state index contributed by atoms with van der Waals surface area (Å²) < 4.78 is 61.2. The van der Waals surface area contributed by atoms with E-state index in [-0.39, 0.29) is 53.7 Å². The second kappa shape index (κ2) is 20.6. The van der Waals surface area contributed by atoms with Crippen molar-refractivity contribution in [1.82, 2.24) is 19.5 Å². The van der Waals surface area contributed by atoms with Crippen LogP contribution in [0.1, 0.15) is 39.3 Å². The monoisotopic (exact) mass is 888 g/mol. The summed E-state index contributed by atoms with van der Waals surface area (Å²) in [6.45, 7) is -0.250. The number of thioether (sulfide) groups is 1. The van der Waals surface area contributed by atoms with Crippen LogP contribution in [0.4, 0.5) is 5.82 Å². The van der Waals surface area contributed by atoms with Gasteiger partial charge < -0.3 is 79.4 Å². The number of phosphoric acid groups is 3. The first-order chi connectivity index (χ1) is 26.4. The fraction of sp³-hybridized carbons (Fsp3) is 0.593. The Labute approximate surface area is 326 Å². The van der Waals surface area contributed by atoms with Crippen LogP contribution in [0.2, 0.25) is 0 Å². The van der Waals surface area contributed by atoms with Crippen molar-refractivity contribution in [3.05, 3.63) is 24.8 Å². The van der Waals surface area contributed by atoms with Crippen molar-refractivity contribution in [1.29, 1.82) is 0 Å². The zero-order valence-electron chi connectivity index (χ0n) is 29.8. The van der Waals surface area contributed by atoms with E-state index in [9.17, 15) is 68.4 Å². The molecule has 30 heteroatoms. The van der Waals surface area contributed by atoms with Gasteiger partial charge in [-0.1, -0.05) is 31.7 Å². The average Bonchev–Trinajstić information content (AvgIpc) is 3.66. The number of aromatic nitrogens is 4. The first-order valence-electron chi connectivity index (χ1n) is 16.2. The van der Waals surface area contributed by atoms with Crippen LogP contribution in [0.25, 0.3) is 11.2 Å². The summed E-state index contributed by atoms with van der Waals surface area (Å²) in [5.74, 6) is -3.03. The predicted octanol–water partition coefficient (Wildman–Crippen LogP) is -4.23. The number of rotatable bonds is 23. The molecule has 57 heavy (non-hydrogen) atoms. The number of carbonyl (C=O) groups is 2. The molecule has 26 nitrogen and oxygen atoms in total. The number of aliphatic imine (C=N–C) groups is 2. The van der Waals surface area contributed by atoms with E-state index in [0.29, 0.717) is 0 Å². The van der Waals surface area contributed by atoms with E-state index in [1.165, 1.54) is 26.0 Å². The number of carbonyl (C=O) groups excluding carboxylic acids is 2. The maximum atomic E-state index is 12.6. The highest BCUT2D eigenvalue weighted by Crippen LogP contribution is 2.61. The third kappa shape index (κ3) is 15.5. The SMILES string of the molecule is CC(C)(COP(=O)(O)OP(=O)(O)OC[C@H]1O[C@@H](n2cnc3c(N)ncnc32)[C@H](O)[C@@H]1OP(=O)([O-])[O-])[C@@H](O)C([O-])=NCCC([O-])=NCCSC(=O)C=CCCC(=O)[O-]. The third-order valence-electron chi connectivity index (χ3n) is 7.39. The van der Waals surface area contributed by atoms with Gasteiger partial charge in [0.2, 0.25) is 5.12 Å². The maximum Gasteiger partial charge on any atom is 0.481 e. The molecule has 7 atom stereocenters. The molecule has 3 rings (SSSR count). The molecule has 0 amide bonds. The van der Waals surface area contributed by atoms with Crippen molar-refractivity contribution in [3.8, 4) is 0 Å². The van der Waals surface area contributed by atoms with Crippen molar-refractivity contribution in [2.75, 3.05) is 37.8 Å². The molecule has 0 aromatic carbocycles. The topological polar surface area (TPSA) is 422 Å². The molecule has 0 spiro atoms. The minimum atomic E-state index is -5.84. The number of hydrogen-bond acceptors (Lipinski definition) is 24. The number of anilines is 1. The van der Waals surface area contributed by atoms with E-state index >= 15 is 0 Å². The first kappa shape index (κ1) is 48.1. The van der Waals surface area contributed by atoms with E-state index < -0.39 is 97.1 Å². The molecule has 1 fully saturated rings. The van der Waals surface area contributed by atoms with Crippen molar-refractivity contribution in [2.24, 2.45) is 15.4 Å². The lowest BCUT2D eigenvalue weighted by molar-refractivity contribution is -0.347. The number of imidazole rings is 1. The van der Waals surface area contributed by atoms with Crippen LogP contribution in [0.5, 0.6) is 0 Å². The second-order valence-electron chi connectivity index (χ2n) is 12.4. The van der Waals surface area contributed by atoms with Crippen LogP contribution in [0, 0.1) is 5.41 Å². The average molecular weight is 889 g/mol. The fourth-order valence-corrected chi connectivity index (χ4v) is 7.98. The van der Waals surface area contributed by atoms with Gasteiger partial charge in [-0.2, -0.15) is 4.31 Å². The number of nitrogens with zero attached hydrogens (tertiary/aromatic N) is 6. The summed E-state index contributed by atoms with van der Waals surface area (Å²) >= 11 is 0.836. The largest absolute Gasteiger partial charge is 0.862 e. The Morgan fingerprint density at radius 2 is 1.77 bits per heavy atom. The number of carboxylic acids is 1. The highest BCUT2D eigenvalue weighted by atomic mass is 32.2. The van der Waals surface area contributed by atoms with Gasteiger partial charge in [0.15, 0.2) is 17.7 Å². The summed E-state index contributed by atoms with van der Waals surface area (Å²) in [6.07, 6.45) is -5.26. The predicted molar refractivity (Wildman–Crippen MR) is 185 cm³/mol. The number of carboxylic acid groups (broad SMARTS) is 1. The van der Waals surface area contributed by atoms with Crippen LogP contribution in [0.15, 0.2) is 34.8 Å². The lowest BCUT2D eigenvalue weighted by Gasteiger charge is -2.34. The number of nitrogens with two attached hydrogens (primary N) is 1. The quantitative estimate of drug-likeness (QED) is 0.0232. The van der Waals surface area contributed by atoms with Gasteiger partial charge in [0.1, 0.15) is 30.2 Å². The maximum absolute atomic E-state index is 12.6. The normalized spacial score (nSPS) is 22.5. The number of hydrogen-bond donors (Lipinski definition) is 5. The summed E-state index contributed by atoms with van der Waals surface area (Å²) in [4.78, 5) is 84.1. The number of ether oxygens (including phenoxy) is 1. The lowest BCUT2D eigenvalue weighted by atomic mass is 9.87. The molecule has 0 saturated carbocycles. The summed E-state index contributed by atoms with van der Waals surface area (Å²) in [5.41, 5.74) is 4.07. The van der Waals surface area contributed by atoms with Crippen LogP contribution < -0.4 is 30.8 Å². The number of aliphatic hydroxyl groups is 2. The van der Waals surface area contributed by atoms with E-state index in [2.05, 4.69) is 38.3 Å². The molecule has 320 valence electrons. The minimum absolute atomic E-state index is 0.0154. The van der Waals surface area contributed by atoms with Crippen molar-refractivity contribution < 1.29 is 91.0 Å². The molecule has 1 aliphatic heterocycles. The Balaban J connectivity index is 1.51. The minimum Gasteiger partial charge on any atom is -0.862 e. The van der Waals surface area contributed by atoms with E-state index in [4.69, 9.17) is 15.0 Å². The number of allylic oxidation sites excluding steroid dienone is 1. The number of phosphoric ester groups is 3. The molecule has 0 aliphatic carbocycles. The number of nitrogen functional groups attached to an aromatic ring is 1. The fourth-order valence-electron chi connectivity index (χ4n) is 4.60. The molecule has 2 unspecified atom stereocenters. The van der Waals surface area contributed by atoms with Gasteiger partial charge in [-0.3, -0.25) is 18.4 Å². The molecule has 2 aromatic heterocycles. The standard InChI is InChI=1S/C27H42N7O19P3S/c1-27(2,22(40)25(41)30-8-7-16(35)29-9-10-57-18(38)6-4-3-5-17(36)37)12-50-56(47,48)53-55(45,46)49-11-15-21(52-54(42,43)44)20(39)26(51-15)34-14-33-19-23(28)31-13-32-24(19)34/h4,6,13-15,20-22,26,39-40H,3,5,7-12H2,1-2H3,(H,29,35)(H,30,41)(H,36,37)(H,45,46)(H,47,48)(H2,28,31,32)(H2,42,43,44)/p-5/t15-,20-,21-,22+,26-/m1/s1. The van der Waals surface area contributed by atoms with Gasteiger partial charge in [-0.15, -0.1) is 0 Å². The number of aliphatic hydroxyl groups excluding tert-OH is 2. The van der Waals surface area contributed by atoms with Crippen molar-refractivity contribution >= 4 is 75.1 Å². The van der Waals surface area contributed by atoms with Crippen LogP contribution in [-0.4, -0.2) is 119 Å². The molecule has 0 bridgehead atoms. The second-order valence-corrected chi connectivity index (χ2v) is 17.6. The van der Waals surface area contributed by atoms with Gasteiger partial charge in [-0.05, 0) is 37.1 Å². The van der Waals surface area contributed by atoms with E-state index in [1.54, 1.807) is 0 Å². The van der Waals surface area contributed by atoms with Gasteiger partial charge in [0.05, 0.1) is 33.5 Å². The van der Waals surface area contributed by atoms with Crippen molar-refractivity contribution in [3.63, 3.8) is 0 Å². The van der Waals surface area contributed by atoms with Crippen LogP contribution in [0.3, 0.4) is 0 Å².